The van der Waals surface area contributed by atoms with Crippen molar-refractivity contribution >= 4 is 11.9 Å². The number of aliphatic hydroxyl groups excluding tert-OH is 1. The minimum absolute atomic E-state index is 0.0117. The SMILES string of the molecule is CCCCN(CCCO)C(=O)CN1CC(c2ccc3c(c2)OCO3)C(C(=O)O)C1CC(C)(C)C=C(C)C. The van der Waals surface area contributed by atoms with Crippen molar-refractivity contribution in [2.24, 2.45) is 11.3 Å². The summed E-state index contributed by atoms with van der Waals surface area (Å²) in [7, 11) is 0. The summed E-state index contributed by atoms with van der Waals surface area (Å²) < 4.78 is 11.0. The predicted molar refractivity (Wildman–Crippen MR) is 143 cm³/mol. The van der Waals surface area contributed by atoms with E-state index in [4.69, 9.17) is 9.47 Å². The third-order valence-corrected chi connectivity index (χ3v) is 7.33. The van der Waals surface area contributed by atoms with Gasteiger partial charge in [-0.3, -0.25) is 14.5 Å². The summed E-state index contributed by atoms with van der Waals surface area (Å²) in [6.07, 6.45) is 5.21. The number of hydrogen-bond acceptors (Lipinski definition) is 6. The summed E-state index contributed by atoms with van der Waals surface area (Å²) >= 11 is 0. The van der Waals surface area contributed by atoms with Crippen molar-refractivity contribution in [2.75, 3.05) is 39.6 Å². The Labute approximate surface area is 221 Å². The molecule has 3 rings (SSSR count). The number of hydrogen-bond donors (Lipinski definition) is 2. The Balaban J connectivity index is 1.93. The van der Waals surface area contributed by atoms with Gasteiger partial charge < -0.3 is 24.6 Å². The number of likely N-dealkylation sites (tertiary alicyclic amines) is 1. The Morgan fingerprint density at radius 3 is 2.51 bits per heavy atom. The molecule has 206 valence electrons. The first-order valence-electron chi connectivity index (χ1n) is 13.5. The van der Waals surface area contributed by atoms with Gasteiger partial charge >= 0.3 is 5.97 Å². The van der Waals surface area contributed by atoms with Gasteiger partial charge in [-0.2, -0.15) is 0 Å². The molecule has 2 aliphatic heterocycles. The van der Waals surface area contributed by atoms with Crippen LogP contribution < -0.4 is 9.47 Å². The second-order valence-electron chi connectivity index (χ2n) is 11.3. The molecule has 1 aromatic carbocycles. The molecule has 8 heteroatoms. The lowest BCUT2D eigenvalue weighted by atomic mass is 9.77. The fourth-order valence-electron chi connectivity index (χ4n) is 5.85. The molecule has 2 N–H and O–H groups in total. The van der Waals surface area contributed by atoms with E-state index in [9.17, 15) is 19.8 Å². The maximum atomic E-state index is 13.5. The first kappa shape index (κ1) is 29.0. The highest BCUT2D eigenvalue weighted by Gasteiger charge is 2.48. The predicted octanol–water partition coefficient (Wildman–Crippen LogP) is 4.28. The minimum atomic E-state index is -0.848. The standard InChI is InChI=1S/C29H44N2O6/c1-6-7-11-30(12-8-13-32)26(33)18-31-17-22(21-9-10-24-25(14-21)37-19-36-24)27(28(34)35)23(31)16-29(4,5)15-20(2)3/h9-10,14-15,22-23,27,32H,6-8,11-13,16-19H2,1-5H3,(H,34,35). The van der Waals surface area contributed by atoms with Crippen molar-refractivity contribution in [3.05, 3.63) is 35.4 Å². The number of benzene rings is 1. The van der Waals surface area contributed by atoms with E-state index in [0.717, 1.165) is 18.4 Å². The van der Waals surface area contributed by atoms with Gasteiger partial charge in [-0.05, 0) is 56.2 Å². The van der Waals surface area contributed by atoms with Crippen molar-refractivity contribution in [1.29, 1.82) is 0 Å². The van der Waals surface area contributed by atoms with E-state index < -0.39 is 11.9 Å². The zero-order valence-corrected chi connectivity index (χ0v) is 23.0. The maximum Gasteiger partial charge on any atom is 0.308 e. The van der Waals surface area contributed by atoms with Crippen molar-refractivity contribution in [1.82, 2.24) is 9.80 Å². The van der Waals surface area contributed by atoms with E-state index in [1.165, 1.54) is 5.57 Å². The normalized spacial score (nSPS) is 21.2. The van der Waals surface area contributed by atoms with E-state index >= 15 is 0 Å². The first-order chi connectivity index (χ1) is 17.6. The molecule has 1 saturated heterocycles. The van der Waals surface area contributed by atoms with Crippen LogP contribution in [0.2, 0.25) is 0 Å². The Morgan fingerprint density at radius 2 is 1.86 bits per heavy atom. The fourth-order valence-corrected chi connectivity index (χ4v) is 5.85. The molecule has 1 aromatic rings. The monoisotopic (exact) mass is 516 g/mol. The molecular weight excluding hydrogens is 472 g/mol. The van der Waals surface area contributed by atoms with Gasteiger partial charge in [0.05, 0.1) is 12.5 Å². The molecule has 3 atom stereocenters. The fraction of sp³-hybridized carbons (Fsp3) is 0.655. The zero-order chi connectivity index (χ0) is 27.2. The zero-order valence-electron chi connectivity index (χ0n) is 23.0. The topological polar surface area (TPSA) is 99.5 Å². The molecule has 2 heterocycles. The molecular formula is C29H44N2O6. The van der Waals surface area contributed by atoms with Gasteiger partial charge in [0.2, 0.25) is 12.7 Å². The Kier molecular flexibility index (Phi) is 10.0. The van der Waals surface area contributed by atoms with E-state index in [1.54, 1.807) is 0 Å². The van der Waals surface area contributed by atoms with Crippen LogP contribution in [0.15, 0.2) is 29.8 Å². The van der Waals surface area contributed by atoms with Crippen LogP contribution in [0.1, 0.15) is 71.8 Å². The molecule has 0 radical (unpaired) electrons. The molecule has 37 heavy (non-hydrogen) atoms. The van der Waals surface area contributed by atoms with Gasteiger partial charge in [0, 0.05) is 38.2 Å². The van der Waals surface area contributed by atoms with Gasteiger partial charge in [0.15, 0.2) is 11.5 Å². The van der Waals surface area contributed by atoms with Crippen LogP contribution >= 0.6 is 0 Å². The number of amides is 1. The Morgan fingerprint density at radius 1 is 1.16 bits per heavy atom. The van der Waals surface area contributed by atoms with Gasteiger partial charge in [-0.25, -0.2) is 0 Å². The highest BCUT2D eigenvalue weighted by molar-refractivity contribution is 5.79. The number of allylic oxidation sites excluding steroid dienone is 2. The summed E-state index contributed by atoms with van der Waals surface area (Å²) in [5.74, 6) is -0.515. The summed E-state index contributed by atoms with van der Waals surface area (Å²) in [6, 6.07) is 5.34. The molecule has 0 bridgehead atoms. The molecule has 8 nitrogen and oxygen atoms in total. The van der Waals surface area contributed by atoms with E-state index in [0.29, 0.717) is 44.0 Å². The van der Waals surface area contributed by atoms with Crippen molar-refractivity contribution in [3.8, 4) is 11.5 Å². The lowest BCUT2D eigenvalue weighted by Gasteiger charge is -2.34. The van der Waals surface area contributed by atoms with Crippen LogP contribution in [-0.2, 0) is 9.59 Å². The van der Waals surface area contributed by atoms with Gasteiger partial charge in [-0.1, -0.05) is 44.9 Å². The quantitative estimate of drug-likeness (QED) is 0.378. The summed E-state index contributed by atoms with van der Waals surface area (Å²) in [4.78, 5) is 30.1. The third kappa shape index (κ3) is 7.48. The number of unbranched alkanes of at least 4 members (excludes halogenated alkanes) is 1. The summed E-state index contributed by atoms with van der Waals surface area (Å²) in [5, 5.41) is 19.8. The lowest BCUT2D eigenvalue weighted by Crippen LogP contribution is -2.46. The lowest BCUT2D eigenvalue weighted by molar-refractivity contribution is -0.144. The third-order valence-electron chi connectivity index (χ3n) is 7.33. The second-order valence-corrected chi connectivity index (χ2v) is 11.3. The molecule has 0 spiro atoms. The van der Waals surface area contributed by atoms with Gasteiger partial charge in [0.1, 0.15) is 0 Å². The van der Waals surface area contributed by atoms with Gasteiger partial charge in [0.25, 0.3) is 0 Å². The van der Waals surface area contributed by atoms with Crippen LogP contribution in [0.4, 0.5) is 0 Å². The van der Waals surface area contributed by atoms with Crippen LogP contribution in [0.3, 0.4) is 0 Å². The molecule has 0 aromatic heterocycles. The van der Waals surface area contributed by atoms with Gasteiger partial charge in [-0.15, -0.1) is 0 Å². The van der Waals surface area contributed by atoms with Crippen LogP contribution in [-0.4, -0.2) is 77.5 Å². The van der Waals surface area contributed by atoms with E-state index in [1.807, 2.05) is 23.1 Å². The molecule has 1 fully saturated rings. The number of carbonyl (C=O) groups is 2. The van der Waals surface area contributed by atoms with Crippen molar-refractivity contribution in [2.45, 2.75) is 72.3 Å². The molecule has 2 aliphatic rings. The average molecular weight is 517 g/mol. The largest absolute Gasteiger partial charge is 0.481 e. The Hall–Kier alpha value is -2.58. The highest BCUT2D eigenvalue weighted by atomic mass is 16.7. The van der Waals surface area contributed by atoms with E-state index in [2.05, 4.69) is 45.6 Å². The Bertz CT molecular complexity index is 963. The molecule has 0 aliphatic carbocycles. The molecule has 1 amide bonds. The number of carboxylic acids is 1. The number of aliphatic carboxylic acids is 1. The number of fused-ring (bicyclic) bond motifs is 1. The maximum absolute atomic E-state index is 13.5. The molecule has 3 unspecified atom stereocenters. The number of ether oxygens (including phenoxy) is 2. The number of carbonyl (C=O) groups excluding carboxylic acids is 1. The second kappa shape index (κ2) is 12.8. The minimum Gasteiger partial charge on any atom is -0.481 e. The van der Waals surface area contributed by atoms with Crippen LogP contribution in [0, 0.1) is 11.3 Å². The van der Waals surface area contributed by atoms with Crippen LogP contribution in [0.25, 0.3) is 0 Å². The van der Waals surface area contributed by atoms with Crippen molar-refractivity contribution in [3.63, 3.8) is 0 Å². The van der Waals surface area contributed by atoms with Crippen LogP contribution in [0.5, 0.6) is 11.5 Å². The first-order valence-corrected chi connectivity index (χ1v) is 13.5. The average Bonchev–Trinajstić information content (AvgIpc) is 3.42. The number of nitrogens with zero attached hydrogens (tertiary/aromatic N) is 2. The molecule has 0 saturated carbocycles. The summed E-state index contributed by atoms with van der Waals surface area (Å²) in [6.45, 7) is 12.4. The number of rotatable bonds is 13. The highest BCUT2D eigenvalue weighted by Crippen LogP contribution is 2.45. The number of carboxylic acid groups (broad SMARTS) is 1. The number of aliphatic hydroxyl groups is 1. The summed E-state index contributed by atoms with van der Waals surface area (Å²) in [5.41, 5.74) is 1.83. The smallest absolute Gasteiger partial charge is 0.308 e. The van der Waals surface area contributed by atoms with E-state index in [-0.39, 0.29) is 43.2 Å². The van der Waals surface area contributed by atoms with Crippen molar-refractivity contribution < 1.29 is 29.3 Å².